The fourth-order valence-electron chi connectivity index (χ4n) is 1.86. The Hall–Kier alpha value is -1.59. The molecule has 5 nitrogen and oxygen atoms in total. The van der Waals surface area contributed by atoms with Crippen molar-refractivity contribution < 1.29 is 14.6 Å². The molecule has 0 saturated carbocycles. The van der Waals surface area contributed by atoms with Crippen molar-refractivity contribution in [1.29, 1.82) is 0 Å². The van der Waals surface area contributed by atoms with Crippen molar-refractivity contribution in [3.63, 3.8) is 0 Å². The van der Waals surface area contributed by atoms with Crippen LogP contribution in [0.2, 0.25) is 0 Å². The number of aliphatic hydroxyl groups excluding tert-OH is 1. The number of benzene rings is 1. The molecule has 1 aromatic rings. The Kier molecular flexibility index (Phi) is 6.32. The zero-order valence-electron chi connectivity index (χ0n) is 11.8. The van der Waals surface area contributed by atoms with Crippen molar-refractivity contribution in [3.05, 3.63) is 29.3 Å². The lowest BCUT2D eigenvalue weighted by Crippen LogP contribution is -2.36. The van der Waals surface area contributed by atoms with Crippen LogP contribution < -0.4 is 5.32 Å². The van der Waals surface area contributed by atoms with Crippen LogP contribution in [0, 0.1) is 6.92 Å². The first-order valence-electron chi connectivity index (χ1n) is 6.31. The van der Waals surface area contributed by atoms with Crippen molar-refractivity contribution in [1.82, 2.24) is 4.90 Å². The lowest BCUT2D eigenvalue weighted by molar-refractivity contribution is 0.0657. The number of aryl methyl sites for hydroxylation is 1. The first-order valence-corrected chi connectivity index (χ1v) is 6.31. The van der Waals surface area contributed by atoms with Gasteiger partial charge in [-0.15, -0.1) is 0 Å². The Bertz CT molecular complexity index is 421. The van der Waals surface area contributed by atoms with Gasteiger partial charge in [-0.25, -0.2) is 0 Å². The van der Waals surface area contributed by atoms with Crippen molar-refractivity contribution in [2.75, 3.05) is 45.8 Å². The second-order valence-corrected chi connectivity index (χ2v) is 4.31. The van der Waals surface area contributed by atoms with E-state index in [0.29, 0.717) is 25.3 Å². The molecule has 0 fully saturated rings. The van der Waals surface area contributed by atoms with Crippen LogP contribution in [0.4, 0.5) is 5.69 Å². The summed E-state index contributed by atoms with van der Waals surface area (Å²) < 4.78 is 4.99. The van der Waals surface area contributed by atoms with Crippen LogP contribution >= 0.6 is 0 Å². The minimum absolute atomic E-state index is 0.0594. The highest BCUT2D eigenvalue weighted by Gasteiger charge is 2.18. The minimum atomic E-state index is -0.0980. The Balaban J connectivity index is 2.97. The molecule has 0 unspecified atom stereocenters. The molecule has 0 aliphatic carbocycles. The molecule has 106 valence electrons. The zero-order chi connectivity index (χ0) is 14.3. The third-order valence-electron chi connectivity index (χ3n) is 2.90. The lowest BCUT2D eigenvalue weighted by Gasteiger charge is -2.23. The van der Waals surface area contributed by atoms with E-state index in [1.165, 1.54) is 0 Å². The number of rotatable bonds is 7. The standard InChI is InChI=1S/C14H22N2O3/c1-11-4-5-13(15-2)12(10-11)14(18)16(6-8-17)7-9-19-3/h4-5,10,15,17H,6-9H2,1-3H3. The maximum atomic E-state index is 12.5. The summed E-state index contributed by atoms with van der Waals surface area (Å²) in [6, 6.07) is 5.69. The maximum absolute atomic E-state index is 12.5. The summed E-state index contributed by atoms with van der Waals surface area (Å²) in [7, 11) is 3.38. The van der Waals surface area contributed by atoms with Crippen LogP contribution in [0.3, 0.4) is 0 Å². The Morgan fingerprint density at radius 1 is 1.42 bits per heavy atom. The van der Waals surface area contributed by atoms with Gasteiger partial charge in [0.15, 0.2) is 0 Å². The van der Waals surface area contributed by atoms with Gasteiger partial charge in [0.2, 0.25) is 0 Å². The van der Waals surface area contributed by atoms with Crippen LogP contribution in [0.1, 0.15) is 15.9 Å². The van der Waals surface area contributed by atoms with Gasteiger partial charge in [0.1, 0.15) is 0 Å². The van der Waals surface area contributed by atoms with Gasteiger partial charge in [0.25, 0.3) is 5.91 Å². The molecule has 0 radical (unpaired) electrons. The number of methoxy groups -OCH3 is 1. The van der Waals surface area contributed by atoms with E-state index in [4.69, 9.17) is 9.84 Å². The van der Waals surface area contributed by atoms with E-state index in [2.05, 4.69) is 5.32 Å². The SMILES string of the molecule is CNc1ccc(C)cc1C(=O)N(CCO)CCOC. The van der Waals surface area contributed by atoms with Crippen LogP contribution in [0.25, 0.3) is 0 Å². The molecule has 0 aliphatic heterocycles. The molecule has 0 heterocycles. The second-order valence-electron chi connectivity index (χ2n) is 4.31. The van der Waals surface area contributed by atoms with Crippen LogP contribution in [0.15, 0.2) is 18.2 Å². The fourth-order valence-corrected chi connectivity index (χ4v) is 1.86. The Morgan fingerprint density at radius 2 is 2.16 bits per heavy atom. The number of amides is 1. The normalized spacial score (nSPS) is 10.3. The van der Waals surface area contributed by atoms with E-state index in [1.54, 1.807) is 19.1 Å². The van der Waals surface area contributed by atoms with Gasteiger partial charge < -0.3 is 20.1 Å². The highest BCUT2D eigenvalue weighted by atomic mass is 16.5. The summed E-state index contributed by atoms with van der Waals surface area (Å²) in [6.07, 6.45) is 0. The Labute approximate surface area is 114 Å². The molecule has 2 N–H and O–H groups in total. The van der Waals surface area contributed by atoms with Gasteiger partial charge >= 0.3 is 0 Å². The average molecular weight is 266 g/mol. The minimum Gasteiger partial charge on any atom is -0.395 e. The van der Waals surface area contributed by atoms with Gasteiger partial charge in [0.05, 0.1) is 18.8 Å². The molecule has 0 saturated heterocycles. The fraction of sp³-hybridized carbons (Fsp3) is 0.500. The molecule has 0 atom stereocenters. The van der Waals surface area contributed by atoms with Crippen LogP contribution in [-0.2, 0) is 4.74 Å². The molecule has 0 aliphatic rings. The average Bonchev–Trinajstić information content (AvgIpc) is 2.42. The van der Waals surface area contributed by atoms with E-state index >= 15 is 0 Å². The summed E-state index contributed by atoms with van der Waals surface area (Å²) in [4.78, 5) is 14.1. The number of carbonyl (C=O) groups is 1. The predicted octanol–water partition coefficient (Wildman–Crippen LogP) is 1.12. The molecular weight excluding hydrogens is 244 g/mol. The highest BCUT2D eigenvalue weighted by molar-refractivity contribution is 5.99. The summed E-state index contributed by atoms with van der Waals surface area (Å²) in [5.41, 5.74) is 2.43. The van der Waals surface area contributed by atoms with Gasteiger partial charge in [-0.05, 0) is 19.1 Å². The number of anilines is 1. The highest BCUT2D eigenvalue weighted by Crippen LogP contribution is 2.18. The van der Waals surface area contributed by atoms with Gasteiger partial charge in [-0.3, -0.25) is 4.79 Å². The number of nitrogens with zero attached hydrogens (tertiary/aromatic N) is 1. The van der Waals surface area contributed by atoms with Crippen molar-refractivity contribution in [3.8, 4) is 0 Å². The molecule has 1 aromatic carbocycles. The zero-order valence-corrected chi connectivity index (χ0v) is 11.8. The molecule has 1 rings (SSSR count). The number of nitrogens with one attached hydrogen (secondary N) is 1. The van der Waals surface area contributed by atoms with E-state index in [0.717, 1.165) is 11.3 Å². The molecule has 0 bridgehead atoms. The predicted molar refractivity (Wildman–Crippen MR) is 75.6 cm³/mol. The lowest BCUT2D eigenvalue weighted by atomic mass is 10.1. The number of aliphatic hydroxyl groups is 1. The third kappa shape index (κ3) is 4.22. The molecule has 19 heavy (non-hydrogen) atoms. The molecular formula is C14H22N2O3. The smallest absolute Gasteiger partial charge is 0.256 e. The third-order valence-corrected chi connectivity index (χ3v) is 2.90. The van der Waals surface area contributed by atoms with Gasteiger partial charge in [-0.2, -0.15) is 0 Å². The molecule has 0 aromatic heterocycles. The largest absolute Gasteiger partial charge is 0.395 e. The number of hydrogen-bond donors (Lipinski definition) is 2. The van der Waals surface area contributed by atoms with Crippen molar-refractivity contribution in [2.24, 2.45) is 0 Å². The quantitative estimate of drug-likeness (QED) is 0.776. The van der Waals surface area contributed by atoms with E-state index in [-0.39, 0.29) is 12.5 Å². The molecule has 1 amide bonds. The monoisotopic (exact) mass is 266 g/mol. The maximum Gasteiger partial charge on any atom is 0.256 e. The van der Waals surface area contributed by atoms with Gasteiger partial charge in [-0.1, -0.05) is 11.6 Å². The number of carbonyl (C=O) groups excluding carboxylic acids is 1. The number of ether oxygens (including phenoxy) is 1. The number of hydrogen-bond acceptors (Lipinski definition) is 4. The summed E-state index contributed by atoms with van der Waals surface area (Å²) >= 11 is 0. The van der Waals surface area contributed by atoms with Crippen molar-refractivity contribution in [2.45, 2.75) is 6.92 Å². The Morgan fingerprint density at radius 3 is 2.74 bits per heavy atom. The molecule has 5 heteroatoms. The molecule has 0 spiro atoms. The van der Waals surface area contributed by atoms with Crippen molar-refractivity contribution >= 4 is 11.6 Å². The van der Waals surface area contributed by atoms with Crippen LogP contribution in [0.5, 0.6) is 0 Å². The second kappa shape index (κ2) is 7.76. The summed E-state index contributed by atoms with van der Waals surface area (Å²) in [6.45, 7) is 3.11. The van der Waals surface area contributed by atoms with E-state index in [1.807, 2.05) is 25.1 Å². The van der Waals surface area contributed by atoms with Gasteiger partial charge in [0, 0.05) is 32.9 Å². The summed E-state index contributed by atoms with van der Waals surface area (Å²) in [5.74, 6) is -0.0980. The first-order chi connectivity index (χ1) is 9.13. The summed E-state index contributed by atoms with van der Waals surface area (Å²) in [5, 5.41) is 12.1. The van der Waals surface area contributed by atoms with Crippen LogP contribution in [-0.4, -0.2) is 56.4 Å². The van der Waals surface area contributed by atoms with E-state index in [9.17, 15) is 4.79 Å². The topological polar surface area (TPSA) is 61.8 Å². The van der Waals surface area contributed by atoms with E-state index < -0.39 is 0 Å². The first kappa shape index (κ1) is 15.5.